The van der Waals surface area contributed by atoms with Crippen molar-refractivity contribution in [1.29, 1.82) is 0 Å². The topological polar surface area (TPSA) is 82.5 Å². The Morgan fingerprint density at radius 3 is 2.65 bits per heavy atom. The highest BCUT2D eigenvalue weighted by atomic mass is 35.5. The largest absolute Gasteiger partial charge is 0.317 e. The summed E-state index contributed by atoms with van der Waals surface area (Å²) >= 11 is 0. The zero-order chi connectivity index (χ0) is 17.0. The molecule has 8 heteroatoms. The van der Waals surface area contributed by atoms with E-state index in [1.807, 2.05) is 22.7 Å². The van der Waals surface area contributed by atoms with Gasteiger partial charge in [-0.15, -0.1) is 12.4 Å². The molecule has 0 spiro atoms. The van der Waals surface area contributed by atoms with E-state index in [2.05, 4.69) is 10.3 Å². The van der Waals surface area contributed by atoms with Gasteiger partial charge in [0.2, 0.25) is 5.91 Å². The Labute approximate surface area is 155 Å². The third-order valence-corrected chi connectivity index (χ3v) is 5.34. The summed E-state index contributed by atoms with van der Waals surface area (Å²) in [5.41, 5.74) is 3.16. The molecule has 3 aromatic rings. The first-order valence-corrected chi connectivity index (χ1v) is 8.78. The molecule has 2 N–H and O–H groups in total. The molecular weight excluding hydrogens is 354 g/mol. The van der Waals surface area contributed by atoms with E-state index in [1.165, 1.54) is 0 Å². The molecule has 2 aromatic heterocycles. The summed E-state index contributed by atoms with van der Waals surface area (Å²) in [6, 6.07) is 7.44. The average Bonchev–Trinajstić information content (AvgIpc) is 3.00. The van der Waals surface area contributed by atoms with E-state index < -0.39 is 0 Å². The number of aromatic nitrogens is 3. The average molecular weight is 374 g/mol. The number of fused-ring (bicyclic) bond motifs is 3. The van der Waals surface area contributed by atoms with Crippen LogP contribution in [0, 0.1) is 0 Å². The number of carbonyl (C=O) groups excluding carboxylic acids is 1. The summed E-state index contributed by atoms with van der Waals surface area (Å²) < 4.78 is 1.87. The Balaban J connectivity index is 0.00000168. The number of nitrogens with one attached hydrogen (secondary N) is 2. The fourth-order valence-corrected chi connectivity index (χ4v) is 3.97. The first-order valence-electron chi connectivity index (χ1n) is 8.78. The molecule has 2 aliphatic rings. The van der Waals surface area contributed by atoms with Crippen LogP contribution in [0.25, 0.3) is 16.6 Å². The van der Waals surface area contributed by atoms with Crippen molar-refractivity contribution in [2.24, 2.45) is 0 Å². The lowest BCUT2D eigenvalue weighted by Gasteiger charge is -2.31. The van der Waals surface area contributed by atoms with Gasteiger partial charge >= 0.3 is 0 Å². The maximum atomic E-state index is 12.3. The Hall–Kier alpha value is -2.38. The maximum Gasteiger partial charge on any atom is 0.251 e. The monoisotopic (exact) mass is 373 g/mol. The number of rotatable bonds is 2. The fourth-order valence-electron chi connectivity index (χ4n) is 3.97. The second kappa shape index (κ2) is 6.41. The number of aromatic amines is 1. The van der Waals surface area contributed by atoms with Crippen LogP contribution in [0.1, 0.15) is 30.9 Å². The van der Waals surface area contributed by atoms with E-state index in [0.29, 0.717) is 24.5 Å². The van der Waals surface area contributed by atoms with Crippen LogP contribution in [-0.2, 0) is 4.79 Å². The molecule has 2 fully saturated rings. The maximum absolute atomic E-state index is 12.3. The molecule has 1 amide bonds. The van der Waals surface area contributed by atoms with Gasteiger partial charge < -0.3 is 15.2 Å². The molecule has 0 unspecified atom stereocenters. The van der Waals surface area contributed by atoms with Gasteiger partial charge in [-0.25, -0.2) is 4.52 Å². The standard InChI is InChI=1S/C18H19N5O2.ClH/c24-15-10-14(11-4-7-19-8-5-11)23-18(20-15)17-12(21-23)2-1-3-13(17)22-9-6-16(22)25;/h1-3,10-11,19H,4-9H2,(H,20,24);1H. The zero-order valence-electron chi connectivity index (χ0n) is 14.2. The van der Waals surface area contributed by atoms with Gasteiger partial charge in [-0.2, -0.15) is 5.10 Å². The molecule has 0 saturated carbocycles. The number of H-pyrrole nitrogens is 1. The molecule has 2 aliphatic heterocycles. The van der Waals surface area contributed by atoms with Gasteiger partial charge in [0.05, 0.1) is 22.3 Å². The second-order valence-corrected chi connectivity index (χ2v) is 6.81. The Bertz CT molecular complexity index is 1050. The van der Waals surface area contributed by atoms with Gasteiger partial charge in [0.1, 0.15) is 5.65 Å². The number of amides is 1. The summed E-state index contributed by atoms with van der Waals surface area (Å²) in [6.45, 7) is 2.62. The number of benzene rings is 1. The third kappa shape index (κ3) is 2.50. The first kappa shape index (κ1) is 17.1. The molecule has 0 radical (unpaired) electrons. The highest BCUT2D eigenvalue weighted by Gasteiger charge is 2.29. The molecule has 2 saturated heterocycles. The lowest BCUT2D eigenvalue weighted by molar-refractivity contribution is -0.122. The summed E-state index contributed by atoms with van der Waals surface area (Å²) in [6.07, 6.45) is 2.56. The van der Waals surface area contributed by atoms with Crippen LogP contribution in [0.3, 0.4) is 0 Å². The van der Waals surface area contributed by atoms with E-state index in [-0.39, 0.29) is 23.9 Å². The lowest BCUT2D eigenvalue weighted by atomic mass is 9.94. The minimum atomic E-state index is -0.118. The van der Waals surface area contributed by atoms with Crippen LogP contribution < -0.4 is 15.8 Å². The molecule has 5 rings (SSSR count). The van der Waals surface area contributed by atoms with Crippen molar-refractivity contribution in [1.82, 2.24) is 19.9 Å². The van der Waals surface area contributed by atoms with Crippen LogP contribution in [0.15, 0.2) is 29.1 Å². The van der Waals surface area contributed by atoms with Crippen molar-refractivity contribution < 1.29 is 4.79 Å². The van der Waals surface area contributed by atoms with E-state index in [0.717, 1.165) is 48.2 Å². The van der Waals surface area contributed by atoms with Crippen molar-refractivity contribution in [2.75, 3.05) is 24.5 Å². The Kier molecular flexibility index (Phi) is 4.20. The molecule has 0 aliphatic carbocycles. The quantitative estimate of drug-likeness (QED) is 0.671. The SMILES string of the molecule is Cl.O=C1CCN1c1cccc2nn3c(C4CCNCC4)cc(=O)[nH]c3c12. The van der Waals surface area contributed by atoms with Crippen molar-refractivity contribution >= 4 is 40.6 Å². The molecule has 0 bridgehead atoms. The Morgan fingerprint density at radius 1 is 1.15 bits per heavy atom. The minimum absolute atomic E-state index is 0. The zero-order valence-corrected chi connectivity index (χ0v) is 15.0. The van der Waals surface area contributed by atoms with E-state index in [4.69, 9.17) is 5.10 Å². The third-order valence-electron chi connectivity index (χ3n) is 5.34. The highest BCUT2D eigenvalue weighted by Crippen LogP contribution is 2.34. The summed E-state index contributed by atoms with van der Waals surface area (Å²) in [5, 5.41) is 8.95. The van der Waals surface area contributed by atoms with Crippen LogP contribution >= 0.6 is 12.4 Å². The lowest BCUT2D eigenvalue weighted by Crippen LogP contribution is -2.43. The molecule has 4 heterocycles. The summed E-state index contributed by atoms with van der Waals surface area (Å²) in [4.78, 5) is 29.0. The number of piperidine rings is 1. The van der Waals surface area contributed by atoms with Gasteiger partial charge in [0.15, 0.2) is 0 Å². The van der Waals surface area contributed by atoms with E-state index in [1.54, 1.807) is 11.0 Å². The van der Waals surface area contributed by atoms with Crippen molar-refractivity contribution in [2.45, 2.75) is 25.2 Å². The predicted octanol–water partition coefficient (Wildman–Crippen LogP) is 1.80. The van der Waals surface area contributed by atoms with E-state index >= 15 is 0 Å². The number of anilines is 1. The van der Waals surface area contributed by atoms with Crippen molar-refractivity contribution in [3.8, 4) is 0 Å². The van der Waals surface area contributed by atoms with Gasteiger partial charge in [0.25, 0.3) is 5.56 Å². The number of halogens is 1. The number of hydrogen-bond acceptors (Lipinski definition) is 4. The second-order valence-electron chi connectivity index (χ2n) is 6.81. The van der Waals surface area contributed by atoms with E-state index in [9.17, 15) is 9.59 Å². The number of hydrogen-bond donors (Lipinski definition) is 2. The molecule has 26 heavy (non-hydrogen) atoms. The van der Waals surface area contributed by atoms with Crippen LogP contribution in [-0.4, -0.2) is 40.1 Å². The molecular formula is C18H20ClN5O2. The van der Waals surface area contributed by atoms with Gasteiger partial charge in [0, 0.05) is 24.9 Å². The number of β-lactam (4-membered cyclic amide) rings is 1. The van der Waals surface area contributed by atoms with Gasteiger partial charge in [-0.3, -0.25) is 9.59 Å². The molecule has 136 valence electrons. The molecule has 1 aromatic carbocycles. The van der Waals surface area contributed by atoms with Crippen molar-refractivity contribution in [3.05, 3.63) is 40.3 Å². The smallest absolute Gasteiger partial charge is 0.251 e. The van der Waals surface area contributed by atoms with Crippen LogP contribution in [0.4, 0.5) is 5.69 Å². The molecule has 7 nitrogen and oxygen atoms in total. The van der Waals surface area contributed by atoms with Gasteiger partial charge in [-0.1, -0.05) is 6.07 Å². The Morgan fingerprint density at radius 2 is 1.96 bits per heavy atom. The minimum Gasteiger partial charge on any atom is -0.317 e. The fraction of sp³-hybridized carbons (Fsp3) is 0.389. The molecule has 0 atom stereocenters. The normalized spacial score (nSPS) is 18.2. The van der Waals surface area contributed by atoms with Crippen molar-refractivity contribution in [3.63, 3.8) is 0 Å². The summed E-state index contributed by atoms with van der Waals surface area (Å²) in [7, 11) is 0. The number of carbonyl (C=O) groups is 1. The summed E-state index contributed by atoms with van der Waals surface area (Å²) in [5.74, 6) is 0.429. The van der Waals surface area contributed by atoms with Crippen LogP contribution in [0.5, 0.6) is 0 Å². The predicted molar refractivity (Wildman–Crippen MR) is 102 cm³/mol. The van der Waals surface area contributed by atoms with Gasteiger partial charge in [-0.05, 0) is 38.1 Å². The first-order chi connectivity index (χ1) is 12.2. The van der Waals surface area contributed by atoms with Crippen LogP contribution in [0.2, 0.25) is 0 Å². The highest BCUT2D eigenvalue weighted by molar-refractivity contribution is 6.10. The number of nitrogens with zero attached hydrogens (tertiary/aromatic N) is 3.